The highest BCUT2D eigenvalue weighted by atomic mass is 79.9. The SMILES string of the molecule is CN/C(C(C)=N)=C(/P)c1csc(Br)n1. The molecule has 6 heteroatoms. The van der Waals surface area contributed by atoms with Crippen LogP contribution in [0.1, 0.15) is 12.6 Å². The van der Waals surface area contributed by atoms with E-state index < -0.39 is 0 Å². The summed E-state index contributed by atoms with van der Waals surface area (Å²) < 4.78 is 0.852. The molecule has 1 atom stereocenters. The highest BCUT2D eigenvalue weighted by molar-refractivity contribution is 9.11. The van der Waals surface area contributed by atoms with Gasteiger partial charge in [0.25, 0.3) is 0 Å². The number of allylic oxidation sites excluding steroid dienone is 1. The van der Waals surface area contributed by atoms with Crippen molar-refractivity contribution in [2.45, 2.75) is 6.92 Å². The summed E-state index contributed by atoms with van der Waals surface area (Å²) in [6.07, 6.45) is 0. The number of thiazole rings is 1. The number of rotatable bonds is 3. The third-order valence-electron chi connectivity index (χ3n) is 1.65. The highest BCUT2D eigenvalue weighted by Gasteiger charge is 2.08. The van der Waals surface area contributed by atoms with Crippen molar-refractivity contribution < 1.29 is 0 Å². The van der Waals surface area contributed by atoms with Gasteiger partial charge in [-0.2, -0.15) is 0 Å². The zero-order valence-electron chi connectivity index (χ0n) is 7.89. The first-order chi connectivity index (χ1) is 6.56. The summed E-state index contributed by atoms with van der Waals surface area (Å²) in [6, 6.07) is 0. The number of nitrogens with one attached hydrogen (secondary N) is 2. The van der Waals surface area contributed by atoms with E-state index in [1.54, 1.807) is 14.0 Å². The lowest BCUT2D eigenvalue weighted by atomic mass is 10.2. The quantitative estimate of drug-likeness (QED) is 0.664. The maximum atomic E-state index is 7.57. The van der Waals surface area contributed by atoms with Gasteiger partial charge in [-0.15, -0.1) is 20.6 Å². The lowest BCUT2D eigenvalue weighted by Gasteiger charge is -2.07. The molecule has 0 bridgehead atoms. The molecule has 0 aromatic carbocycles. The van der Waals surface area contributed by atoms with E-state index in [1.807, 2.05) is 5.38 Å². The number of hydrogen-bond acceptors (Lipinski definition) is 4. The lowest BCUT2D eigenvalue weighted by molar-refractivity contribution is 1.05. The fourth-order valence-electron chi connectivity index (χ4n) is 1.03. The van der Waals surface area contributed by atoms with Gasteiger partial charge in [-0.3, -0.25) is 0 Å². The van der Waals surface area contributed by atoms with Gasteiger partial charge in [0, 0.05) is 17.7 Å². The van der Waals surface area contributed by atoms with E-state index in [1.165, 1.54) is 11.3 Å². The van der Waals surface area contributed by atoms with Crippen LogP contribution in [0.25, 0.3) is 5.31 Å². The van der Waals surface area contributed by atoms with Crippen molar-refractivity contribution in [2.24, 2.45) is 0 Å². The molecule has 3 nitrogen and oxygen atoms in total. The third kappa shape index (κ3) is 2.62. The Morgan fingerprint density at radius 3 is 2.71 bits per heavy atom. The van der Waals surface area contributed by atoms with E-state index in [0.717, 1.165) is 20.6 Å². The van der Waals surface area contributed by atoms with Crippen LogP contribution >= 0.6 is 36.5 Å². The van der Waals surface area contributed by atoms with Crippen LogP contribution in [0.15, 0.2) is 15.0 Å². The van der Waals surface area contributed by atoms with Crippen LogP contribution in [0.5, 0.6) is 0 Å². The molecule has 14 heavy (non-hydrogen) atoms. The third-order valence-corrected chi connectivity index (χ3v) is 3.60. The number of hydrogen-bond donors (Lipinski definition) is 2. The van der Waals surface area contributed by atoms with Gasteiger partial charge in [-0.05, 0) is 22.9 Å². The van der Waals surface area contributed by atoms with Crippen LogP contribution in [0.2, 0.25) is 0 Å². The summed E-state index contributed by atoms with van der Waals surface area (Å²) in [5.74, 6) is 0. The summed E-state index contributed by atoms with van der Waals surface area (Å²) in [6.45, 7) is 1.75. The maximum absolute atomic E-state index is 7.57. The van der Waals surface area contributed by atoms with Gasteiger partial charge in [-0.25, -0.2) is 4.98 Å². The van der Waals surface area contributed by atoms with Crippen molar-refractivity contribution in [3.8, 4) is 0 Å². The van der Waals surface area contributed by atoms with Crippen molar-refractivity contribution >= 4 is 47.5 Å². The predicted molar refractivity (Wildman–Crippen MR) is 68.9 cm³/mol. The second-order valence-electron chi connectivity index (χ2n) is 2.65. The largest absolute Gasteiger partial charge is 0.386 e. The molecule has 2 N–H and O–H groups in total. The van der Waals surface area contributed by atoms with E-state index in [2.05, 4.69) is 35.5 Å². The topological polar surface area (TPSA) is 48.8 Å². The molecule has 0 aliphatic rings. The van der Waals surface area contributed by atoms with Gasteiger partial charge < -0.3 is 10.7 Å². The Labute approximate surface area is 97.9 Å². The molecular formula is C8H11BrN3PS. The first-order valence-corrected chi connectivity index (χ1v) is 6.15. The summed E-state index contributed by atoms with van der Waals surface area (Å²) >= 11 is 4.84. The molecule has 1 aromatic rings. The van der Waals surface area contributed by atoms with E-state index in [4.69, 9.17) is 5.41 Å². The van der Waals surface area contributed by atoms with Crippen molar-refractivity contribution in [3.63, 3.8) is 0 Å². The van der Waals surface area contributed by atoms with E-state index in [0.29, 0.717) is 5.71 Å². The van der Waals surface area contributed by atoms with Crippen LogP contribution in [0.3, 0.4) is 0 Å². The average Bonchev–Trinajstić information content (AvgIpc) is 2.52. The molecule has 1 unspecified atom stereocenters. The molecular weight excluding hydrogens is 281 g/mol. The molecule has 0 spiro atoms. The van der Waals surface area contributed by atoms with Gasteiger partial charge in [0.05, 0.1) is 17.1 Å². The predicted octanol–water partition coefficient (Wildman–Crippen LogP) is 2.71. The Kier molecular flexibility index (Phi) is 4.23. The van der Waals surface area contributed by atoms with Gasteiger partial charge in [0.2, 0.25) is 0 Å². The number of aromatic nitrogens is 1. The Hall–Kier alpha value is -0.250. The van der Waals surface area contributed by atoms with Crippen LogP contribution in [0, 0.1) is 5.41 Å². The second-order valence-corrected chi connectivity index (χ2v) is 5.36. The molecule has 0 saturated heterocycles. The van der Waals surface area contributed by atoms with Gasteiger partial charge in [0.15, 0.2) is 3.92 Å². The van der Waals surface area contributed by atoms with Crippen LogP contribution in [-0.2, 0) is 0 Å². The van der Waals surface area contributed by atoms with Gasteiger partial charge >= 0.3 is 0 Å². The van der Waals surface area contributed by atoms with Crippen LogP contribution < -0.4 is 5.32 Å². The first kappa shape index (κ1) is 11.8. The molecule has 1 heterocycles. The number of nitrogens with zero attached hydrogens (tertiary/aromatic N) is 1. The summed E-state index contributed by atoms with van der Waals surface area (Å²) in [5, 5.41) is 13.4. The summed E-state index contributed by atoms with van der Waals surface area (Å²) in [7, 11) is 4.42. The van der Waals surface area contributed by atoms with Crippen LogP contribution in [0.4, 0.5) is 0 Å². The minimum Gasteiger partial charge on any atom is -0.386 e. The Morgan fingerprint density at radius 2 is 2.36 bits per heavy atom. The molecule has 0 radical (unpaired) electrons. The highest BCUT2D eigenvalue weighted by Crippen LogP contribution is 2.28. The van der Waals surface area contributed by atoms with Crippen molar-refractivity contribution in [2.75, 3.05) is 7.05 Å². The van der Waals surface area contributed by atoms with Gasteiger partial charge in [0.1, 0.15) is 0 Å². The smallest absolute Gasteiger partial charge is 0.159 e. The maximum Gasteiger partial charge on any atom is 0.159 e. The summed E-state index contributed by atoms with van der Waals surface area (Å²) in [4.78, 5) is 4.28. The standard InChI is InChI=1S/C8H11BrN3PS/c1-4(10)6(11-2)7(13)5-3-14-8(9)12-5/h3,10-11H,13H2,1-2H3/b7-6+,10-4?. The molecule has 0 saturated carbocycles. The Bertz CT molecular complexity index is 386. The van der Waals surface area contributed by atoms with Gasteiger partial charge in [-0.1, -0.05) is 0 Å². The molecule has 1 aromatic heterocycles. The normalized spacial score (nSPS) is 12.3. The molecule has 0 fully saturated rings. The average molecular weight is 292 g/mol. The van der Waals surface area contributed by atoms with E-state index >= 15 is 0 Å². The monoisotopic (exact) mass is 291 g/mol. The molecule has 76 valence electrons. The Morgan fingerprint density at radius 1 is 1.71 bits per heavy atom. The fraction of sp³-hybridized carbons (Fsp3) is 0.250. The first-order valence-electron chi connectivity index (χ1n) is 3.90. The molecule has 0 amide bonds. The minimum absolute atomic E-state index is 0.502. The lowest BCUT2D eigenvalue weighted by Crippen LogP contribution is -2.14. The zero-order chi connectivity index (χ0) is 10.7. The van der Waals surface area contributed by atoms with Crippen molar-refractivity contribution in [3.05, 3.63) is 20.7 Å². The van der Waals surface area contributed by atoms with Crippen LogP contribution in [-0.4, -0.2) is 17.7 Å². The fourth-order valence-corrected chi connectivity index (χ4v) is 2.67. The number of halogens is 1. The zero-order valence-corrected chi connectivity index (χ0v) is 11.4. The summed E-state index contributed by atoms with van der Waals surface area (Å²) in [5.41, 5.74) is 2.18. The minimum atomic E-state index is 0.502. The van der Waals surface area contributed by atoms with E-state index in [9.17, 15) is 0 Å². The van der Waals surface area contributed by atoms with Crippen molar-refractivity contribution in [1.82, 2.24) is 10.3 Å². The Balaban J connectivity index is 3.13. The van der Waals surface area contributed by atoms with Crippen molar-refractivity contribution in [1.29, 1.82) is 5.41 Å². The second kappa shape index (κ2) is 5.01. The molecule has 0 aliphatic carbocycles. The molecule has 0 aliphatic heterocycles. The van der Waals surface area contributed by atoms with E-state index in [-0.39, 0.29) is 0 Å². The molecule has 1 rings (SSSR count).